The predicted octanol–water partition coefficient (Wildman–Crippen LogP) is 4.01. The zero-order valence-corrected chi connectivity index (χ0v) is 13.0. The van der Waals surface area contributed by atoms with Gasteiger partial charge in [-0.15, -0.1) is 0 Å². The second-order valence-electron chi connectivity index (χ2n) is 5.09. The van der Waals surface area contributed by atoms with Crippen LogP contribution in [0.4, 0.5) is 0 Å². The van der Waals surface area contributed by atoms with E-state index in [4.69, 9.17) is 16.3 Å². The summed E-state index contributed by atoms with van der Waals surface area (Å²) in [5.74, 6) is 0. The van der Waals surface area contributed by atoms with Crippen molar-refractivity contribution >= 4 is 27.5 Å². The number of halogens is 2. The highest BCUT2D eigenvalue weighted by Gasteiger charge is 2.41. The molecule has 0 radical (unpaired) electrons. The van der Waals surface area contributed by atoms with Gasteiger partial charge in [-0.1, -0.05) is 17.7 Å². The number of methoxy groups -OCH3 is 1. The van der Waals surface area contributed by atoms with Crippen molar-refractivity contribution in [1.29, 1.82) is 0 Å². The highest BCUT2D eigenvalue weighted by Crippen LogP contribution is 2.48. The van der Waals surface area contributed by atoms with E-state index >= 15 is 0 Å². The molecule has 0 heterocycles. The van der Waals surface area contributed by atoms with Crippen LogP contribution in [0.2, 0.25) is 5.02 Å². The molecule has 1 saturated carbocycles. The highest BCUT2D eigenvalue weighted by molar-refractivity contribution is 9.10. The lowest BCUT2D eigenvalue weighted by molar-refractivity contribution is 0.171. The number of hydrogen-bond acceptors (Lipinski definition) is 2. The Bertz CT molecular complexity index is 407. The third-order valence-corrected chi connectivity index (χ3v) is 4.84. The Morgan fingerprint density at radius 3 is 2.83 bits per heavy atom. The first-order chi connectivity index (χ1) is 8.65. The predicted molar refractivity (Wildman–Crippen MR) is 79.0 cm³/mol. The second-order valence-corrected chi connectivity index (χ2v) is 6.36. The van der Waals surface area contributed by atoms with Gasteiger partial charge in [-0.2, -0.15) is 0 Å². The van der Waals surface area contributed by atoms with Gasteiger partial charge in [0.25, 0.3) is 0 Å². The van der Waals surface area contributed by atoms with Gasteiger partial charge in [-0.25, -0.2) is 0 Å². The van der Waals surface area contributed by atoms with Crippen molar-refractivity contribution in [2.45, 2.75) is 25.8 Å². The number of hydrogen-bond donors (Lipinski definition) is 1. The zero-order chi connectivity index (χ0) is 13.0. The van der Waals surface area contributed by atoms with Crippen molar-refractivity contribution in [2.24, 2.45) is 5.41 Å². The van der Waals surface area contributed by atoms with Crippen molar-refractivity contribution in [3.05, 3.63) is 33.3 Å². The summed E-state index contributed by atoms with van der Waals surface area (Å²) in [5, 5.41) is 4.30. The third kappa shape index (κ3) is 3.95. The number of nitrogens with one attached hydrogen (secondary N) is 1. The minimum atomic E-state index is 0.495. The molecule has 1 aliphatic carbocycles. The third-order valence-electron chi connectivity index (χ3n) is 3.61. The van der Waals surface area contributed by atoms with Crippen LogP contribution < -0.4 is 5.32 Å². The summed E-state index contributed by atoms with van der Waals surface area (Å²) < 4.78 is 6.11. The van der Waals surface area contributed by atoms with E-state index in [9.17, 15) is 0 Å². The van der Waals surface area contributed by atoms with Crippen molar-refractivity contribution in [2.75, 3.05) is 20.3 Å². The van der Waals surface area contributed by atoms with Gasteiger partial charge in [0.2, 0.25) is 0 Å². The van der Waals surface area contributed by atoms with Crippen LogP contribution in [0.15, 0.2) is 22.7 Å². The van der Waals surface area contributed by atoms with E-state index < -0.39 is 0 Å². The Balaban J connectivity index is 1.76. The van der Waals surface area contributed by atoms with Crippen LogP contribution in [0.3, 0.4) is 0 Å². The van der Waals surface area contributed by atoms with Crippen LogP contribution in [-0.4, -0.2) is 20.3 Å². The largest absolute Gasteiger partial charge is 0.385 e. The van der Waals surface area contributed by atoms with Gasteiger partial charge < -0.3 is 10.1 Å². The van der Waals surface area contributed by atoms with Crippen LogP contribution >= 0.6 is 27.5 Å². The molecule has 0 unspecified atom stereocenters. The maximum atomic E-state index is 6.07. The Morgan fingerprint density at radius 1 is 1.44 bits per heavy atom. The molecule has 1 aliphatic rings. The van der Waals surface area contributed by atoms with E-state index in [-0.39, 0.29) is 0 Å². The Hall–Kier alpha value is -0.0900. The molecule has 100 valence electrons. The summed E-state index contributed by atoms with van der Waals surface area (Å²) in [6, 6.07) is 6.10. The van der Waals surface area contributed by atoms with E-state index in [0.29, 0.717) is 5.41 Å². The fourth-order valence-corrected chi connectivity index (χ4v) is 2.58. The molecule has 18 heavy (non-hydrogen) atoms. The smallest absolute Gasteiger partial charge is 0.0551 e. The first kappa shape index (κ1) is 14.3. The second kappa shape index (κ2) is 6.38. The molecule has 4 heteroatoms. The Kier molecular flexibility index (Phi) is 5.07. The van der Waals surface area contributed by atoms with Crippen molar-refractivity contribution in [1.82, 2.24) is 5.32 Å². The van der Waals surface area contributed by atoms with E-state index in [1.165, 1.54) is 18.4 Å². The minimum Gasteiger partial charge on any atom is -0.385 e. The van der Waals surface area contributed by atoms with E-state index in [0.717, 1.165) is 35.6 Å². The first-order valence-corrected chi connectivity index (χ1v) is 7.46. The van der Waals surface area contributed by atoms with Gasteiger partial charge in [-0.3, -0.25) is 0 Å². The van der Waals surface area contributed by atoms with E-state index in [2.05, 4.69) is 27.3 Å². The van der Waals surface area contributed by atoms with E-state index in [1.807, 2.05) is 12.1 Å². The average molecular weight is 333 g/mol. The Labute approximate surface area is 122 Å². The lowest BCUT2D eigenvalue weighted by Gasteiger charge is -2.15. The highest BCUT2D eigenvalue weighted by atomic mass is 79.9. The average Bonchev–Trinajstić information content (AvgIpc) is 3.12. The minimum absolute atomic E-state index is 0.495. The normalized spacial score (nSPS) is 16.8. The quantitative estimate of drug-likeness (QED) is 0.814. The van der Waals surface area contributed by atoms with Crippen LogP contribution in [0.5, 0.6) is 0 Å². The molecular weight excluding hydrogens is 314 g/mol. The maximum absolute atomic E-state index is 6.07. The summed E-state index contributed by atoms with van der Waals surface area (Å²) in [7, 11) is 1.77. The summed E-state index contributed by atoms with van der Waals surface area (Å²) in [4.78, 5) is 0. The van der Waals surface area contributed by atoms with Crippen LogP contribution in [0.1, 0.15) is 24.8 Å². The van der Waals surface area contributed by atoms with Crippen LogP contribution in [-0.2, 0) is 11.3 Å². The SMILES string of the molecule is COCCC1(CNCc2ccc(Br)c(Cl)c2)CC1. The lowest BCUT2D eigenvalue weighted by atomic mass is 10.0. The van der Waals surface area contributed by atoms with E-state index in [1.54, 1.807) is 7.11 Å². The molecular formula is C14H19BrClNO. The summed E-state index contributed by atoms with van der Waals surface area (Å²) in [5.41, 5.74) is 1.72. The standard InChI is InChI=1S/C14H19BrClNO/c1-18-7-6-14(4-5-14)10-17-9-11-2-3-12(15)13(16)8-11/h2-3,8,17H,4-7,9-10H2,1H3. The van der Waals surface area contributed by atoms with Crippen LogP contribution in [0, 0.1) is 5.41 Å². The van der Waals surface area contributed by atoms with Gasteiger partial charge in [-0.05, 0) is 58.3 Å². The molecule has 2 nitrogen and oxygen atoms in total. The summed E-state index contributed by atoms with van der Waals surface area (Å²) >= 11 is 9.47. The molecule has 1 fully saturated rings. The molecule has 1 aromatic carbocycles. The number of ether oxygens (including phenoxy) is 1. The zero-order valence-electron chi connectivity index (χ0n) is 10.6. The molecule has 2 rings (SSSR count). The number of benzene rings is 1. The molecule has 0 aromatic heterocycles. The molecule has 0 bridgehead atoms. The fourth-order valence-electron chi connectivity index (χ4n) is 2.13. The molecule has 0 spiro atoms. The summed E-state index contributed by atoms with van der Waals surface area (Å²) in [6.45, 7) is 2.82. The fraction of sp³-hybridized carbons (Fsp3) is 0.571. The molecule has 0 atom stereocenters. The number of rotatable bonds is 7. The molecule has 0 saturated heterocycles. The topological polar surface area (TPSA) is 21.3 Å². The maximum Gasteiger partial charge on any atom is 0.0551 e. The molecule has 1 N–H and O–H groups in total. The Morgan fingerprint density at radius 2 is 2.22 bits per heavy atom. The van der Waals surface area contributed by atoms with Gasteiger partial charge in [0.05, 0.1) is 5.02 Å². The van der Waals surface area contributed by atoms with Gasteiger partial charge in [0.1, 0.15) is 0 Å². The van der Waals surface area contributed by atoms with Crippen molar-refractivity contribution in [3.8, 4) is 0 Å². The van der Waals surface area contributed by atoms with Crippen molar-refractivity contribution < 1.29 is 4.74 Å². The lowest BCUT2D eigenvalue weighted by Crippen LogP contribution is -2.24. The van der Waals surface area contributed by atoms with Crippen molar-refractivity contribution in [3.63, 3.8) is 0 Å². The van der Waals surface area contributed by atoms with Gasteiger partial charge in [0.15, 0.2) is 0 Å². The van der Waals surface area contributed by atoms with Crippen LogP contribution in [0.25, 0.3) is 0 Å². The molecule has 1 aromatic rings. The monoisotopic (exact) mass is 331 g/mol. The van der Waals surface area contributed by atoms with Gasteiger partial charge in [0, 0.05) is 31.3 Å². The molecule has 0 amide bonds. The van der Waals surface area contributed by atoms with Gasteiger partial charge >= 0.3 is 0 Å². The molecule has 0 aliphatic heterocycles. The summed E-state index contributed by atoms with van der Waals surface area (Å²) in [6.07, 6.45) is 3.81. The first-order valence-electron chi connectivity index (χ1n) is 6.29.